The molecule has 1 aliphatic rings. The molecule has 0 aliphatic heterocycles. The molecule has 0 aromatic rings. The topological polar surface area (TPSA) is 61.8 Å². The molecule has 0 unspecified atom stereocenters. The van der Waals surface area contributed by atoms with E-state index in [0.29, 0.717) is 12.0 Å². The zero-order valence-electron chi connectivity index (χ0n) is 9.82. The van der Waals surface area contributed by atoms with Gasteiger partial charge in [0.1, 0.15) is 0 Å². The summed E-state index contributed by atoms with van der Waals surface area (Å²) in [4.78, 5) is 2.06. The lowest BCUT2D eigenvalue weighted by Gasteiger charge is -2.29. The lowest BCUT2D eigenvalue weighted by Crippen LogP contribution is -2.44. The first-order valence-electron chi connectivity index (χ1n) is 5.89. The average Bonchev–Trinajstić information content (AvgIpc) is 2.70. The van der Waals surface area contributed by atoms with E-state index in [1.807, 2.05) is 0 Å². The molecule has 1 fully saturated rings. The van der Waals surface area contributed by atoms with E-state index in [9.17, 15) is 0 Å². The highest BCUT2D eigenvalue weighted by atomic mass is 16.4. The van der Waals surface area contributed by atoms with Gasteiger partial charge in [-0.2, -0.15) is 0 Å². The van der Waals surface area contributed by atoms with Crippen molar-refractivity contribution in [1.29, 1.82) is 0 Å². The Morgan fingerprint density at radius 3 is 2.53 bits per heavy atom. The van der Waals surface area contributed by atoms with Gasteiger partial charge < -0.3 is 15.8 Å². The molecule has 0 heterocycles. The van der Waals surface area contributed by atoms with Crippen LogP contribution in [0.3, 0.4) is 0 Å². The molecule has 1 saturated carbocycles. The Labute approximate surface area is 92.1 Å². The molecule has 0 spiro atoms. The summed E-state index contributed by atoms with van der Waals surface area (Å²) in [6, 6.07) is 0.486. The molecule has 0 bridgehead atoms. The largest absolute Gasteiger partial charge is 0.408 e. The highest BCUT2D eigenvalue weighted by Crippen LogP contribution is 2.23. The minimum absolute atomic E-state index is 0.280. The fraction of sp³-hybridized carbons (Fsp3) is 0.909. The predicted molar refractivity (Wildman–Crippen MR) is 61.8 cm³/mol. The van der Waals surface area contributed by atoms with Crippen LogP contribution in [0.2, 0.25) is 0 Å². The van der Waals surface area contributed by atoms with Crippen LogP contribution in [0.25, 0.3) is 0 Å². The number of rotatable bonds is 4. The second kappa shape index (κ2) is 5.83. The SMILES string of the molecule is CC(C)CCN(C(N)=NO)C1CCCC1. The third-order valence-electron chi connectivity index (χ3n) is 3.11. The molecule has 1 rings (SSSR count). The number of guanidine groups is 1. The molecule has 1 aliphatic carbocycles. The summed E-state index contributed by atoms with van der Waals surface area (Å²) in [7, 11) is 0. The van der Waals surface area contributed by atoms with E-state index in [4.69, 9.17) is 10.9 Å². The van der Waals surface area contributed by atoms with Crippen LogP contribution in [0.4, 0.5) is 0 Å². The summed E-state index contributed by atoms with van der Waals surface area (Å²) in [5, 5.41) is 11.9. The monoisotopic (exact) mass is 213 g/mol. The third-order valence-corrected chi connectivity index (χ3v) is 3.11. The molecule has 88 valence electrons. The van der Waals surface area contributed by atoms with E-state index >= 15 is 0 Å². The molecule has 0 saturated heterocycles. The second-order valence-corrected chi connectivity index (χ2v) is 4.77. The molecular weight excluding hydrogens is 190 g/mol. The fourth-order valence-electron chi connectivity index (χ4n) is 2.15. The molecule has 0 atom stereocenters. The van der Waals surface area contributed by atoms with E-state index in [1.54, 1.807) is 0 Å². The van der Waals surface area contributed by atoms with Gasteiger partial charge in [0.05, 0.1) is 0 Å². The second-order valence-electron chi connectivity index (χ2n) is 4.77. The van der Waals surface area contributed by atoms with Crippen molar-refractivity contribution in [3.05, 3.63) is 0 Å². The van der Waals surface area contributed by atoms with Crippen LogP contribution in [0.1, 0.15) is 46.0 Å². The van der Waals surface area contributed by atoms with Crippen molar-refractivity contribution in [1.82, 2.24) is 4.90 Å². The summed E-state index contributed by atoms with van der Waals surface area (Å²) in [6.07, 6.45) is 5.97. The zero-order chi connectivity index (χ0) is 11.3. The van der Waals surface area contributed by atoms with Gasteiger partial charge in [0.15, 0.2) is 0 Å². The highest BCUT2D eigenvalue weighted by molar-refractivity contribution is 5.77. The summed E-state index contributed by atoms with van der Waals surface area (Å²) in [6.45, 7) is 5.29. The normalized spacial score (nSPS) is 18.7. The Bertz CT molecular complexity index is 210. The minimum Gasteiger partial charge on any atom is -0.408 e. The van der Waals surface area contributed by atoms with Gasteiger partial charge in [0.25, 0.3) is 0 Å². The Balaban J connectivity index is 2.52. The summed E-state index contributed by atoms with van der Waals surface area (Å²) in [5.74, 6) is 0.933. The molecular formula is C11H23N3O. The first kappa shape index (κ1) is 12.1. The van der Waals surface area contributed by atoms with E-state index in [2.05, 4.69) is 23.9 Å². The molecule has 0 aromatic heterocycles. The number of nitrogens with two attached hydrogens (primary N) is 1. The van der Waals surface area contributed by atoms with Gasteiger partial charge in [-0.3, -0.25) is 0 Å². The lowest BCUT2D eigenvalue weighted by atomic mass is 10.1. The number of hydrogen-bond acceptors (Lipinski definition) is 2. The van der Waals surface area contributed by atoms with E-state index < -0.39 is 0 Å². The van der Waals surface area contributed by atoms with Crippen molar-refractivity contribution >= 4 is 5.96 Å². The Morgan fingerprint density at radius 1 is 1.47 bits per heavy atom. The average molecular weight is 213 g/mol. The van der Waals surface area contributed by atoms with Crippen molar-refractivity contribution in [3.8, 4) is 0 Å². The maximum atomic E-state index is 8.75. The maximum absolute atomic E-state index is 8.75. The maximum Gasteiger partial charge on any atom is 0.233 e. The van der Waals surface area contributed by atoms with Crippen molar-refractivity contribution in [2.45, 2.75) is 52.0 Å². The van der Waals surface area contributed by atoms with Crippen molar-refractivity contribution in [2.75, 3.05) is 6.54 Å². The summed E-state index contributed by atoms with van der Waals surface area (Å²) >= 11 is 0. The number of hydrogen-bond donors (Lipinski definition) is 2. The first-order valence-corrected chi connectivity index (χ1v) is 5.89. The van der Waals surface area contributed by atoms with Crippen LogP contribution in [0.5, 0.6) is 0 Å². The summed E-state index contributed by atoms with van der Waals surface area (Å²) < 4.78 is 0. The van der Waals surface area contributed by atoms with Gasteiger partial charge in [-0.25, -0.2) is 0 Å². The Morgan fingerprint density at radius 2 is 2.07 bits per heavy atom. The van der Waals surface area contributed by atoms with E-state index in [1.165, 1.54) is 25.7 Å². The van der Waals surface area contributed by atoms with Crippen molar-refractivity contribution in [3.63, 3.8) is 0 Å². The van der Waals surface area contributed by atoms with Crippen LogP contribution < -0.4 is 5.73 Å². The zero-order valence-corrected chi connectivity index (χ0v) is 9.82. The smallest absolute Gasteiger partial charge is 0.233 e. The lowest BCUT2D eigenvalue weighted by molar-refractivity contribution is 0.259. The molecule has 3 N–H and O–H groups in total. The molecule has 0 aromatic carbocycles. The molecule has 0 radical (unpaired) electrons. The molecule has 0 amide bonds. The van der Waals surface area contributed by atoms with Gasteiger partial charge in [0.2, 0.25) is 5.96 Å². The van der Waals surface area contributed by atoms with Crippen LogP contribution in [-0.4, -0.2) is 28.7 Å². The molecule has 4 nitrogen and oxygen atoms in total. The van der Waals surface area contributed by atoms with Crippen LogP contribution in [0, 0.1) is 5.92 Å². The van der Waals surface area contributed by atoms with Crippen molar-refractivity contribution < 1.29 is 5.21 Å². The first-order chi connectivity index (χ1) is 7.15. The van der Waals surface area contributed by atoms with Crippen LogP contribution in [0.15, 0.2) is 5.16 Å². The van der Waals surface area contributed by atoms with Gasteiger partial charge in [-0.05, 0) is 25.2 Å². The Kier molecular flexibility index (Phi) is 4.72. The van der Waals surface area contributed by atoms with Crippen LogP contribution >= 0.6 is 0 Å². The summed E-state index contributed by atoms with van der Waals surface area (Å²) in [5.41, 5.74) is 5.71. The third kappa shape index (κ3) is 3.61. The minimum atomic E-state index is 0.280. The van der Waals surface area contributed by atoms with E-state index in [0.717, 1.165) is 13.0 Å². The number of oxime groups is 1. The van der Waals surface area contributed by atoms with E-state index in [-0.39, 0.29) is 5.96 Å². The van der Waals surface area contributed by atoms with Crippen LogP contribution in [-0.2, 0) is 0 Å². The molecule has 15 heavy (non-hydrogen) atoms. The predicted octanol–water partition coefficient (Wildman–Crippen LogP) is 1.98. The molecule has 4 heteroatoms. The van der Waals surface area contributed by atoms with Gasteiger partial charge >= 0.3 is 0 Å². The fourth-order valence-corrected chi connectivity index (χ4v) is 2.15. The Hall–Kier alpha value is -0.930. The quantitative estimate of drug-likeness (QED) is 0.325. The van der Waals surface area contributed by atoms with Gasteiger partial charge in [0, 0.05) is 12.6 Å². The number of nitrogens with zero attached hydrogens (tertiary/aromatic N) is 2. The van der Waals surface area contributed by atoms with Gasteiger partial charge in [-0.1, -0.05) is 31.8 Å². The highest BCUT2D eigenvalue weighted by Gasteiger charge is 2.24. The standard InChI is InChI=1S/C11H23N3O/c1-9(2)7-8-14(11(12)13-15)10-5-3-4-6-10/h9-10,15H,3-8H2,1-2H3,(H2,12,13). The van der Waals surface area contributed by atoms with Gasteiger partial charge in [-0.15, -0.1) is 0 Å². The van der Waals surface area contributed by atoms with Crippen molar-refractivity contribution in [2.24, 2.45) is 16.8 Å².